The molecule has 0 bridgehead atoms. The van der Waals surface area contributed by atoms with Crippen molar-refractivity contribution in [3.8, 4) is 0 Å². The summed E-state index contributed by atoms with van der Waals surface area (Å²) in [4.78, 5) is 11.1. The highest BCUT2D eigenvalue weighted by Crippen LogP contribution is 2.28. The van der Waals surface area contributed by atoms with E-state index in [0.29, 0.717) is 12.0 Å². The van der Waals surface area contributed by atoms with Gasteiger partial charge >= 0.3 is 5.97 Å². The average Bonchev–Trinajstić information content (AvgIpc) is 3.11. The first kappa shape index (κ1) is 16.5. The summed E-state index contributed by atoms with van der Waals surface area (Å²) in [5.41, 5.74) is 1.26. The van der Waals surface area contributed by atoms with E-state index in [4.69, 9.17) is 14.6 Å². The largest absolute Gasteiger partial charge is 0.478 e. The van der Waals surface area contributed by atoms with Crippen molar-refractivity contribution in [1.29, 1.82) is 0 Å². The maximum absolute atomic E-state index is 11.1. The normalized spacial score (nSPS) is 22.0. The van der Waals surface area contributed by atoms with Gasteiger partial charge in [0, 0.05) is 12.0 Å². The number of carbonyl (C=O) groups is 1. The maximum atomic E-state index is 11.1. The molecule has 0 aromatic heterocycles. The van der Waals surface area contributed by atoms with Gasteiger partial charge in [0.2, 0.25) is 0 Å². The fourth-order valence-electron chi connectivity index (χ4n) is 3.19. The summed E-state index contributed by atoms with van der Waals surface area (Å²) in [5.74, 6) is -0.854. The molecule has 0 unspecified atom stereocenters. The Morgan fingerprint density at radius 1 is 1.00 bits per heavy atom. The topological polar surface area (TPSA) is 55.8 Å². The molecule has 2 aliphatic carbocycles. The first-order valence-electron chi connectivity index (χ1n) is 8.27. The third kappa shape index (κ3) is 5.11. The van der Waals surface area contributed by atoms with Crippen molar-refractivity contribution < 1.29 is 19.4 Å². The summed E-state index contributed by atoms with van der Waals surface area (Å²) in [6.45, 7) is 3.52. The molecule has 0 spiro atoms. The molecule has 2 saturated carbocycles. The molecule has 0 radical (unpaired) electrons. The van der Waals surface area contributed by atoms with E-state index in [9.17, 15) is 4.79 Å². The molecule has 1 N–H and O–H groups in total. The van der Waals surface area contributed by atoms with Gasteiger partial charge in [0.1, 0.15) is 0 Å². The fourth-order valence-corrected chi connectivity index (χ4v) is 3.19. The van der Waals surface area contributed by atoms with Gasteiger partial charge in [0.05, 0.1) is 12.2 Å². The number of ether oxygens (including phenoxy) is 2. The van der Waals surface area contributed by atoms with Gasteiger partial charge in [-0.1, -0.05) is 31.3 Å². The molecule has 0 heterocycles. The van der Waals surface area contributed by atoms with Crippen molar-refractivity contribution in [3.63, 3.8) is 0 Å². The van der Waals surface area contributed by atoms with Crippen LogP contribution in [0.4, 0.5) is 0 Å². The molecule has 2 aliphatic rings. The Morgan fingerprint density at radius 3 is 1.81 bits per heavy atom. The summed E-state index contributed by atoms with van der Waals surface area (Å²) in [5, 5.41) is 9.09. The van der Waals surface area contributed by atoms with Crippen LogP contribution < -0.4 is 0 Å². The Kier molecular flexibility index (Phi) is 6.24. The number of carboxylic acids is 1. The Hall–Kier alpha value is -0.870. The number of hydrogen-bond donors (Lipinski definition) is 1. The van der Waals surface area contributed by atoms with Crippen LogP contribution in [0.1, 0.15) is 71.6 Å². The van der Waals surface area contributed by atoms with Crippen molar-refractivity contribution in [2.75, 3.05) is 0 Å². The zero-order chi connectivity index (χ0) is 15.2. The summed E-state index contributed by atoms with van der Waals surface area (Å²) in [6, 6.07) is 0. The molecule has 0 aliphatic heterocycles. The molecule has 0 amide bonds. The van der Waals surface area contributed by atoms with Gasteiger partial charge in [-0.3, -0.25) is 0 Å². The van der Waals surface area contributed by atoms with E-state index in [1.54, 1.807) is 6.92 Å². The summed E-state index contributed by atoms with van der Waals surface area (Å²) in [6.07, 6.45) is 10.2. The van der Waals surface area contributed by atoms with E-state index < -0.39 is 5.97 Å². The van der Waals surface area contributed by atoms with Gasteiger partial charge in [0.15, 0.2) is 6.29 Å². The molecule has 0 aromatic rings. The first-order valence-corrected chi connectivity index (χ1v) is 8.27. The minimum absolute atomic E-state index is 0.286. The van der Waals surface area contributed by atoms with Crippen LogP contribution in [-0.4, -0.2) is 29.6 Å². The van der Waals surface area contributed by atoms with Crippen LogP contribution in [0.25, 0.3) is 0 Å². The molecule has 4 heteroatoms. The van der Waals surface area contributed by atoms with Crippen molar-refractivity contribution in [2.45, 2.75) is 90.1 Å². The molecular formula is C17H28O4. The van der Waals surface area contributed by atoms with Gasteiger partial charge in [-0.25, -0.2) is 4.79 Å². The van der Waals surface area contributed by atoms with Gasteiger partial charge in [-0.05, 0) is 39.5 Å². The lowest BCUT2D eigenvalue weighted by Gasteiger charge is -2.26. The second-order valence-corrected chi connectivity index (χ2v) is 6.43. The summed E-state index contributed by atoms with van der Waals surface area (Å²) in [7, 11) is 0. The fraction of sp³-hybridized carbons (Fsp3) is 0.824. The number of aliphatic carboxylic acids is 1. The van der Waals surface area contributed by atoms with Gasteiger partial charge in [-0.2, -0.15) is 0 Å². The monoisotopic (exact) mass is 296 g/mol. The lowest BCUT2D eigenvalue weighted by Crippen LogP contribution is -2.27. The minimum Gasteiger partial charge on any atom is -0.478 e. The second kappa shape index (κ2) is 7.95. The third-order valence-electron chi connectivity index (χ3n) is 4.73. The molecule has 21 heavy (non-hydrogen) atoms. The van der Waals surface area contributed by atoms with E-state index in [0.717, 1.165) is 31.3 Å². The van der Waals surface area contributed by atoms with Crippen LogP contribution in [-0.2, 0) is 14.3 Å². The Labute approximate surface area is 127 Å². The lowest BCUT2D eigenvalue weighted by molar-refractivity contribution is -0.190. The molecule has 2 rings (SSSR count). The van der Waals surface area contributed by atoms with Gasteiger partial charge < -0.3 is 14.6 Å². The van der Waals surface area contributed by atoms with Gasteiger partial charge in [-0.15, -0.1) is 0 Å². The predicted octanol–water partition coefficient (Wildman–Crippen LogP) is 4.04. The van der Waals surface area contributed by atoms with Crippen molar-refractivity contribution in [1.82, 2.24) is 0 Å². The third-order valence-corrected chi connectivity index (χ3v) is 4.73. The summed E-state index contributed by atoms with van der Waals surface area (Å²) < 4.78 is 12.2. The Bertz CT molecular complexity index is 358. The highest BCUT2D eigenvalue weighted by molar-refractivity contribution is 5.86. The Morgan fingerprint density at radius 2 is 1.43 bits per heavy atom. The van der Waals surface area contributed by atoms with Crippen LogP contribution in [0.2, 0.25) is 0 Å². The zero-order valence-corrected chi connectivity index (χ0v) is 13.3. The van der Waals surface area contributed by atoms with Crippen molar-refractivity contribution >= 4 is 5.97 Å². The minimum atomic E-state index is -0.854. The average molecular weight is 296 g/mol. The molecular weight excluding hydrogens is 268 g/mol. The molecule has 0 saturated heterocycles. The Balaban J connectivity index is 1.95. The van der Waals surface area contributed by atoms with Crippen LogP contribution in [0.5, 0.6) is 0 Å². The quantitative estimate of drug-likeness (QED) is 0.569. The number of carboxylic acid groups (broad SMARTS) is 1. The van der Waals surface area contributed by atoms with E-state index in [1.807, 2.05) is 6.92 Å². The molecule has 0 atom stereocenters. The standard InChI is InChI=1S/C17H28O4/c1-12(13(2)17(18)19)11-16(20-14-7-3-4-8-14)21-15-9-5-6-10-15/h14-16H,3-11H2,1-2H3,(H,18,19). The van der Waals surface area contributed by atoms with Crippen LogP contribution in [0.15, 0.2) is 11.1 Å². The molecule has 4 nitrogen and oxygen atoms in total. The predicted molar refractivity (Wildman–Crippen MR) is 81.1 cm³/mol. The van der Waals surface area contributed by atoms with Gasteiger partial charge in [0.25, 0.3) is 0 Å². The van der Waals surface area contributed by atoms with Crippen LogP contribution in [0.3, 0.4) is 0 Å². The number of rotatable bonds is 7. The van der Waals surface area contributed by atoms with E-state index >= 15 is 0 Å². The van der Waals surface area contributed by atoms with Crippen LogP contribution >= 0.6 is 0 Å². The lowest BCUT2D eigenvalue weighted by atomic mass is 10.1. The molecule has 2 fully saturated rings. The van der Waals surface area contributed by atoms with Crippen molar-refractivity contribution in [3.05, 3.63) is 11.1 Å². The maximum Gasteiger partial charge on any atom is 0.331 e. The zero-order valence-electron chi connectivity index (χ0n) is 13.3. The first-order chi connectivity index (χ1) is 10.1. The highest BCUT2D eigenvalue weighted by atomic mass is 16.7. The SMILES string of the molecule is CC(CC(OC1CCCC1)OC1CCCC1)=C(C)C(=O)O. The van der Waals surface area contributed by atoms with E-state index in [2.05, 4.69) is 0 Å². The molecule has 0 aromatic carbocycles. The smallest absolute Gasteiger partial charge is 0.331 e. The van der Waals surface area contributed by atoms with Crippen molar-refractivity contribution in [2.24, 2.45) is 0 Å². The molecule has 120 valence electrons. The van der Waals surface area contributed by atoms with E-state index in [1.165, 1.54) is 25.7 Å². The highest BCUT2D eigenvalue weighted by Gasteiger charge is 2.26. The van der Waals surface area contributed by atoms with E-state index in [-0.39, 0.29) is 18.5 Å². The van der Waals surface area contributed by atoms with Crippen LogP contribution in [0, 0.1) is 0 Å². The second-order valence-electron chi connectivity index (χ2n) is 6.43. The number of hydrogen-bond acceptors (Lipinski definition) is 3. The summed E-state index contributed by atoms with van der Waals surface area (Å²) >= 11 is 0.